The Bertz CT molecular complexity index is 438. The zero-order valence-electron chi connectivity index (χ0n) is 9.26. The molecule has 2 rings (SSSR count). The Morgan fingerprint density at radius 2 is 2.06 bits per heavy atom. The van der Waals surface area contributed by atoms with Crippen LogP contribution in [0.2, 0.25) is 0 Å². The van der Waals surface area contributed by atoms with E-state index >= 15 is 0 Å². The molecule has 1 N–H and O–H groups in total. The van der Waals surface area contributed by atoms with Crippen molar-refractivity contribution in [3.63, 3.8) is 0 Å². The van der Waals surface area contributed by atoms with Gasteiger partial charge >= 0.3 is 0 Å². The standard InChI is InChI=1S/C13H15NOS/c1-10-9-16-13(14-10)12(15)8-7-11-5-3-2-4-6-11/h2-6,9,12,15H,7-8H2,1H3. The predicted octanol–water partition coefficient (Wildman–Crippen LogP) is 3.12. The van der Waals surface area contributed by atoms with Gasteiger partial charge in [-0.1, -0.05) is 30.3 Å². The van der Waals surface area contributed by atoms with Gasteiger partial charge in [-0.2, -0.15) is 0 Å². The minimum absolute atomic E-state index is 0.432. The summed E-state index contributed by atoms with van der Waals surface area (Å²) in [6, 6.07) is 10.2. The van der Waals surface area contributed by atoms with Crippen LogP contribution < -0.4 is 0 Å². The van der Waals surface area contributed by atoms with Crippen LogP contribution in [0.4, 0.5) is 0 Å². The highest BCUT2D eigenvalue weighted by Gasteiger charge is 2.11. The first-order chi connectivity index (χ1) is 7.75. The van der Waals surface area contributed by atoms with E-state index < -0.39 is 6.10 Å². The van der Waals surface area contributed by atoms with Crippen LogP contribution in [0.5, 0.6) is 0 Å². The first kappa shape index (κ1) is 11.3. The van der Waals surface area contributed by atoms with Crippen molar-refractivity contribution in [2.75, 3.05) is 0 Å². The Morgan fingerprint density at radius 3 is 2.69 bits per heavy atom. The minimum Gasteiger partial charge on any atom is -0.386 e. The van der Waals surface area contributed by atoms with Gasteiger partial charge in [-0.3, -0.25) is 0 Å². The molecule has 1 atom stereocenters. The van der Waals surface area contributed by atoms with Crippen LogP contribution in [0.1, 0.15) is 28.8 Å². The summed E-state index contributed by atoms with van der Waals surface area (Å²) in [6.07, 6.45) is 1.19. The number of aliphatic hydroxyl groups excluding tert-OH is 1. The maximum absolute atomic E-state index is 9.94. The molecule has 3 heteroatoms. The van der Waals surface area contributed by atoms with Crippen molar-refractivity contribution >= 4 is 11.3 Å². The van der Waals surface area contributed by atoms with E-state index in [4.69, 9.17) is 0 Å². The zero-order chi connectivity index (χ0) is 11.4. The largest absolute Gasteiger partial charge is 0.386 e. The molecule has 0 amide bonds. The van der Waals surface area contributed by atoms with Gasteiger partial charge in [0.25, 0.3) is 0 Å². The Hall–Kier alpha value is -1.19. The SMILES string of the molecule is Cc1csc(C(O)CCc2ccccc2)n1. The van der Waals surface area contributed by atoms with Gasteiger partial charge in [-0.15, -0.1) is 11.3 Å². The van der Waals surface area contributed by atoms with Crippen LogP contribution in [-0.2, 0) is 6.42 Å². The van der Waals surface area contributed by atoms with E-state index in [2.05, 4.69) is 17.1 Å². The summed E-state index contributed by atoms with van der Waals surface area (Å²) < 4.78 is 0. The Kier molecular flexibility index (Phi) is 3.70. The maximum atomic E-state index is 9.94. The maximum Gasteiger partial charge on any atom is 0.121 e. The molecule has 1 heterocycles. The van der Waals surface area contributed by atoms with Crippen LogP contribution in [0.15, 0.2) is 35.7 Å². The van der Waals surface area contributed by atoms with Crippen LogP contribution in [0.3, 0.4) is 0 Å². The first-order valence-electron chi connectivity index (χ1n) is 5.40. The number of aryl methyl sites for hydroxylation is 2. The highest BCUT2D eigenvalue weighted by molar-refractivity contribution is 7.09. The fraction of sp³-hybridized carbons (Fsp3) is 0.308. The topological polar surface area (TPSA) is 33.1 Å². The molecule has 0 bridgehead atoms. The molecule has 0 spiro atoms. The van der Waals surface area contributed by atoms with Crippen LogP contribution >= 0.6 is 11.3 Å². The van der Waals surface area contributed by atoms with E-state index in [1.165, 1.54) is 16.9 Å². The summed E-state index contributed by atoms with van der Waals surface area (Å²) in [5.41, 5.74) is 2.24. The molecule has 1 aromatic heterocycles. The molecular formula is C13H15NOS. The third-order valence-corrected chi connectivity index (χ3v) is 3.53. The molecule has 0 fully saturated rings. The van der Waals surface area contributed by atoms with E-state index in [0.29, 0.717) is 0 Å². The van der Waals surface area contributed by atoms with Crippen molar-refractivity contribution in [3.05, 3.63) is 52.0 Å². The zero-order valence-corrected chi connectivity index (χ0v) is 10.1. The summed E-state index contributed by atoms with van der Waals surface area (Å²) in [5, 5.41) is 12.7. The second-order valence-corrected chi connectivity index (χ2v) is 4.76. The summed E-state index contributed by atoms with van der Waals surface area (Å²) in [5.74, 6) is 0. The lowest BCUT2D eigenvalue weighted by Gasteiger charge is -2.06. The van der Waals surface area contributed by atoms with Crippen molar-refractivity contribution in [1.29, 1.82) is 0 Å². The lowest BCUT2D eigenvalue weighted by molar-refractivity contribution is 0.167. The molecule has 0 aliphatic rings. The molecule has 1 unspecified atom stereocenters. The summed E-state index contributed by atoms with van der Waals surface area (Å²) in [7, 11) is 0. The van der Waals surface area contributed by atoms with Crippen LogP contribution in [0.25, 0.3) is 0 Å². The minimum atomic E-state index is -0.432. The smallest absolute Gasteiger partial charge is 0.121 e. The quantitative estimate of drug-likeness (QED) is 0.880. The Balaban J connectivity index is 1.91. The van der Waals surface area contributed by atoms with E-state index in [-0.39, 0.29) is 0 Å². The average Bonchev–Trinajstić information content (AvgIpc) is 2.74. The first-order valence-corrected chi connectivity index (χ1v) is 6.27. The van der Waals surface area contributed by atoms with E-state index in [9.17, 15) is 5.11 Å². The number of nitrogens with zero attached hydrogens (tertiary/aromatic N) is 1. The second kappa shape index (κ2) is 5.23. The fourth-order valence-electron chi connectivity index (χ4n) is 1.60. The third-order valence-electron chi connectivity index (χ3n) is 2.47. The van der Waals surface area contributed by atoms with Crippen LogP contribution in [-0.4, -0.2) is 10.1 Å². The number of aromatic nitrogens is 1. The van der Waals surface area contributed by atoms with Crippen molar-refractivity contribution in [2.24, 2.45) is 0 Å². The lowest BCUT2D eigenvalue weighted by Crippen LogP contribution is -1.99. The van der Waals surface area contributed by atoms with Crippen molar-refractivity contribution in [3.8, 4) is 0 Å². The molecule has 2 aromatic rings. The number of benzene rings is 1. The summed E-state index contributed by atoms with van der Waals surface area (Å²) in [4.78, 5) is 4.29. The molecule has 0 saturated carbocycles. The Labute approximate surface area is 99.6 Å². The van der Waals surface area contributed by atoms with Gasteiger partial charge in [0, 0.05) is 11.1 Å². The monoisotopic (exact) mass is 233 g/mol. The Morgan fingerprint density at radius 1 is 1.31 bits per heavy atom. The fourth-order valence-corrected chi connectivity index (χ4v) is 2.41. The highest BCUT2D eigenvalue weighted by Crippen LogP contribution is 2.22. The normalized spacial score (nSPS) is 12.6. The van der Waals surface area contributed by atoms with Crippen LogP contribution in [0, 0.1) is 6.92 Å². The lowest BCUT2D eigenvalue weighted by atomic mass is 10.1. The van der Waals surface area contributed by atoms with Gasteiger partial charge in [-0.05, 0) is 25.3 Å². The highest BCUT2D eigenvalue weighted by atomic mass is 32.1. The molecular weight excluding hydrogens is 218 g/mol. The van der Waals surface area contributed by atoms with E-state index in [1.807, 2.05) is 30.5 Å². The summed E-state index contributed by atoms with van der Waals surface area (Å²) in [6.45, 7) is 1.95. The van der Waals surface area contributed by atoms with Crippen molar-refractivity contribution in [2.45, 2.75) is 25.9 Å². The van der Waals surface area contributed by atoms with Crippen molar-refractivity contribution < 1.29 is 5.11 Å². The number of hydrogen-bond acceptors (Lipinski definition) is 3. The van der Waals surface area contributed by atoms with Gasteiger partial charge < -0.3 is 5.11 Å². The molecule has 0 aliphatic heterocycles. The molecule has 1 aromatic carbocycles. The molecule has 84 valence electrons. The molecule has 0 saturated heterocycles. The van der Waals surface area contributed by atoms with E-state index in [1.54, 1.807) is 0 Å². The molecule has 0 aliphatic carbocycles. The molecule has 16 heavy (non-hydrogen) atoms. The second-order valence-electron chi connectivity index (χ2n) is 3.87. The molecule has 0 radical (unpaired) electrons. The number of aliphatic hydroxyl groups is 1. The van der Waals surface area contributed by atoms with Gasteiger partial charge in [0.05, 0.1) is 0 Å². The third kappa shape index (κ3) is 2.90. The predicted molar refractivity (Wildman–Crippen MR) is 66.6 cm³/mol. The van der Waals surface area contributed by atoms with E-state index in [0.717, 1.165) is 23.5 Å². The summed E-state index contributed by atoms with van der Waals surface area (Å²) >= 11 is 1.53. The average molecular weight is 233 g/mol. The van der Waals surface area contributed by atoms with Gasteiger partial charge in [-0.25, -0.2) is 4.98 Å². The number of thiazole rings is 1. The van der Waals surface area contributed by atoms with Gasteiger partial charge in [0.1, 0.15) is 11.1 Å². The van der Waals surface area contributed by atoms with Gasteiger partial charge in [0.2, 0.25) is 0 Å². The number of rotatable bonds is 4. The van der Waals surface area contributed by atoms with Gasteiger partial charge in [0.15, 0.2) is 0 Å². The molecule has 2 nitrogen and oxygen atoms in total. The van der Waals surface area contributed by atoms with Crippen molar-refractivity contribution in [1.82, 2.24) is 4.98 Å². The number of hydrogen-bond donors (Lipinski definition) is 1.